The van der Waals surface area contributed by atoms with E-state index in [0.29, 0.717) is 5.92 Å². The average Bonchev–Trinajstić information content (AvgIpc) is 2.26. The smallest absolute Gasteiger partial charge is 0.0227 e. The zero-order valence-corrected chi connectivity index (χ0v) is 11.0. The van der Waals surface area contributed by atoms with Crippen molar-refractivity contribution in [3.63, 3.8) is 0 Å². The first-order chi connectivity index (χ1) is 7.63. The first kappa shape index (κ1) is 13.2. The SMILES string of the molecule is CCNCC(C)c1ccc(CN(C)C)cc1. The van der Waals surface area contributed by atoms with Crippen molar-refractivity contribution in [2.24, 2.45) is 0 Å². The number of benzene rings is 1. The van der Waals surface area contributed by atoms with Gasteiger partial charge in [-0.25, -0.2) is 0 Å². The molecule has 0 bridgehead atoms. The Morgan fingerprint density at radius 1 is 1.19 bits per heavy atom. The topological polar surface area (TPSA) is 15.3 Å². The Morgan fingerprint density at radius 3 is 2.31 bits per heavy atom. The molecule has 90 valence electrons. The van der Waals surface area contributed by atoms with Gasteiger partial charge in [-0.1, -0.05) is 38.1 Å². The molecule has 1 atom stereocenters. The summed E-state index contributed by atoms with van der Waals surface area (Å²) in [7, 11) is 4.20. The van der Waals surface area contributed by atoms with Gasteiger partial charge in [0.1, 0.15) is 0 Å². The van der Waals surface area contributed by atoms with Gasteiger partial charge in [0.25, 0.3) is 0 Å². The van der Waals surface area contributed by atoms with Crippen molar-refractivity contribution in [1.29, 1.82) is 0 Å². The fourth-order valence-corrected chi connectivity index (χ4v) is 1.80. The number of nitrogens with zero attached hydrogens (tertiary/aromatic N) is 1. The Labute approximate surface area is 99.7 Å². The summed E-state index contributed by atoms with van der Waals surface area (Å²) in [6.07, 6.45) is 0. The Hall–Kier alpha value is -0.860. The van der Waals surface area contributed by atoms with E-state index in [4.69, 9.17) is 0 Å². The molecule has 2 nitrogen and oxygen atoms in total. The van der Waals surface area contributed by atoms with Gasteiger partial charge in [0.15, 0.2) is 0 Å². The zero-order chi connectivity index (χ0) is 12.0. The van der Waals surface area contributed by atoms with Crippen molar-refractivity contribution >= 4 is 0 Å². The maximum atomic E-state index is 3.39. The zero-order valence-electron chi connectivity index (χ0n) is 11.0. The second kappa shape index (κ2) is 6.66. The highest BCUT2D eigenvalue weighted by Crippen LogP contribution is 2.15. The molecule has 0 radical (unpaired) electrons. The van der Waals surface area contributed by atoms with Crippen molar-refractivity contribution in [2.75, 3.05) is 27.2 Å². The Morgan fingerprint density at radius 2 is 1.81 bits per heavy atom. The van der Waals surface area contributed by atoms with Crippen LogP contribution < -0.4 is 5.32 Å². The van der Waals surface area contributed by atoms with E-state index in [-0.39, 0.29) is 0 Å². The Balaban J connectivity index is 2.56. The maximum absolute atomic E-state index is 3.39. The van der Waals surface area contributed by atoms with E-state index in [1.807, 2.05) is 0 Å². The number of nitrogens with one attached hydrogen (secondary N) is 1. The summed E-state index contributed by atoms with van der Waals surface area (Å²) in [5, 5.41) is 3.39. The monoisotopic (exact) mass is 220 g/mol. The number of likely N-dealkylation sites (N-methyl/N-ethyl adjacent to an activating group) is 1. The van der Waals surface area contributed by atoms with Gasteiger partial charge in [0, 0.05) is 13.1 Å². The molecule has 16 heavy (non-hydrogen) atoms. The van der Waals surface area contributed by atoms with Gasteiger partial charge in [-0.3, -0.25) is 0 Å². The maximum Gasteiger partial charge on any atom is 0.0227 e. The number of hydrogen-bond donors (Lipinski definition) is 1. The lowest BCUT2D eigenvalue weighted by atomic mass is 10.00. The van der Waals surface area contributed by atoms with E-state index in [2.05, 4.69) is 62.4 Å². The minimum absolute atomic E-state index is 0.591. The molecule has 1 aromatic carbocycles. The van der Waals surface area contributed by atoms with Gasteiger partial charge in [-0.2, -0.15) is 0 Å². The molecule has 0 aliphatic rings. The summed E-state index contributed by atoms with van der Waals surface area (Å²) in [6.45, 7) is 7.53. The van der Waals surface area contributed by atoms with E-state index in [1.54, 1.807) is 0 Å². The third-order valence-corrected chi connectivity index (χ3v) is 2.75. The Kier molecular flexibility index (Phi) is 5.50. The molecular weight excluding hydrogens is 196 g/mol. The third-order valence-electron chi connectivity index (χ3n) is 2.75. The van der Waals surface area contributed by atoms with Gasteiger partial charge < -0.3 is 10.2 Å². The van der Waals surface area contributed by atoms with Crippen molar-refractivity contribution in [3.05, 3.63) is 35.4 Å². The fourth-order valence-electron chi connectivity index (χ4n) is 1.80. The Bertz CT molecular complexity index is 290. The molecule has 1 aromatic rings. The summed E-state index contributed by atoms with van der Waals surface area (Å²) in [5.41, 5.74) is 2.80. The van der Waals surface area contributed by atoms with Crippen LogP contribution in [-0.4, -0.2) is 32.1 Å². The first-order valence-electron chi connectivity index (χ1n) is 6.07. The van der Waals surface area contributed by atoms with E-state index < -0.39 is 0 Å². The van der Waals surface area contributed by atoms with Crippen LogP contribution in [0, 0.1) is 0 Å². The second-order valence-corrected chi connectivity index (χ2v) is 4.69. The summed E-state index contributed by atoms with van der Waals surface area (Å²) in [5.74, 6) is 0.591. The van der Waals surface area contributed by atoms with Crippen LogP contribution in [-0.2, 0) is 6.54 Å². The van der Waals surface area contributed by atoms with Crippen LogP contribution in [0.5, 0.6) is 0 Å². The minimum Gasteiger partial charge on any atom is -0.316 e. The molecule has 0 saturated heterocycles. The van der Waals surface area contributed by atoms with Crippen LogP contribution in [0.4, 0.5) is 0 Å². The highest BCUT2D eigenvalue weighted by atomic mass is 15.0. The van der Waals surface area contributed by atoms with E-state index in [0.717, 1.165) is 19.6 Å². The molecule has 0 heterocycles. The molecule has 0 saturated carbocycles. The molecule has 0 amide bonds. The highest BCUT2D eigenvalue weighted by molar-refractivity contribution is 5.25. The molecule has 0 aromatic heterocycles. The van der Waals surface area contributed by atoms with Crippen LogP contribution >= 0.6 is 0 Å². The fraction of sp³-hybridized carbons (Fsp3) is 0.571. The lowest BCUT2D eigenvalue weighted by molar-refractivity contribution is 0.402. The van der Waals surface area contributed by atoms with E-state index in [1.165, 1.54) is 11.1 Å². The van der Waals surface area contributed by atoms with Crippen molar-refractivity contribution < 1.29 is 0 Å². The normalized spacial score (nSPS) is 13.1. The summed E-state index contributed by atoms with van der Waals surface area (Å²) in [4.78, 5) is 2.19. The molecule has 0 fully saturated rings. The van der Waals surface area contributed by atoms with Crippen LogP contribution in [0.3, 0.4) is 0 Å². The molecular formula is C14H24N2. The first-order valence-corrected chi connectivity index (χ1v) is 6.07. The second-order valence-electron chi connectivity index (χ2n) is 4.69. The molecule has 0 spiro atoms. The lowest BCUT2D eigenvalue weighted by Crippen LogP contribution is -2.19. The van der Waals surface area contributed by atoms with Crippen LogP contribution in [0.1, 0.15) is 30.9 Å². The predicted octanol–water partition coefficient (Wildman–Crippen LogP) is 2.46. The van der Waals surface area contributed by atoms with Crippen LogP contribution in [0.15, 0.2) is 24.3 Å². The largest absolute Gasteiger partial charge is 0.316 e. The predicted molar refractivity (Wildman–Crippen MR) is 70.8 cm³/mol. The highest BCUT2D eigenvalue weighted by Gasteiger charge is 2.04. The van der Waals surface area contributed by atoms with Crippen molar-refractivity contribution in [2.45, 2.75) is 26.3 Å². The molecule has 0 aliphatic heterocycles. The number of rotatable bonds is 6. The average molecular weight is 220 g/mol. The summed E-state index contributed by atoms with van der Waals surface area (Å²) < 4.78 is 0. The molecule has 1 rings (SSSR count). The minimum atomic E-state index is 0.591. The molecule has 1 unspecified atom stereocenters. The van der Waals surface area contributed by atoms with Gasteiger partial charge in [0.2, 0.25) is 0 Å². The lowest BCUT2D eigenvalue weighted by Gasteiger charge is -2.14. The van der Waals surface area contributed by atoms with Gasteiger partial charge in [-0.15, -0.1) is 0 Å². The van der Waals surface area contributed by atoms with Crippen LogP contribution in [0.25, 0.3) is 0 Å². The van der Waals surface area contributed by atoms with Gasteiger partial charge in [-0.05, 0) is 37.7 Å². The quantitative estimate of drug-likeness (QED) is 0.792. The molecule has 0 aliphatic carbocycles. The summed E-state index contributed by atoms with van der Waals surface area (Å²) in [6, 6.07) is 8.97. The molecule has 1 N–H and O–H groups in total. The van der Waals surface area contributed by atoms with Crippen LogP contribution in [0.2, 0.25) is 0 Å². The van der Waals surface area contributed by atoms with Gasteiger partial charge >= 0.3 is 0 Å². The standard InChI is InChI=1S/C14H24N2/c1-5-15-10-12(2)14-8-6-13(7-9-14)11-16(3)4/h6-9,12,15H,5,10-11H2,1-4H3. The molecule has 2 heteroatoms. The summed E-state index contributed by atoms with van der Waals surface area (Å²) >= 11 is 0. The van der Waals surface area contributed by atoms with E-state index in [9.17, 15) is 0 Å². The van der Waals surface area contributed by atoms with E-state index >= 15 is 0 Å². The van der Waals surface area contributed by atoms with Crippen molar-refractivity contribution in [3.8, 4) is 0 Å². The van der Waals surface area contributed by atoms with Crippen molar-refractivity contribution in [1.82, 2.24) is 10.2 Å². The third kappa shape index (κ3) is 4.33. The number of hydrogen-bond acceptors (Lipinski definition) is 2. The van der Waals surface area contributed by atoms with Gasteiger partial charge in [0.05, 0.1) is 0 Å².